The van der Waals surface area contributed by atoms with Crippen LogP contribution in [0.15, 0.2) is 59.7 Å². The number of nitrogens with two attached hydrogens (primary N) is 1. The predicted octanol–water partition coefficient (Wildman–Crippen LogP) is 2.34. The third-order valence-corrected chi connectivity index (χ3v) is 6.04. The lowest BCUT2D eigenvalue weighted by atomic mass is 9.73. The maximum Gasteiger partial charge on any atom is 0.256 e. The van der Waals surface area contributed by atoms with E-state index in [0.717, 1.165) is 11.3 Å². The van der Waals surface area contributed by atoms with E-state index in [2.05, 4.69) is 5.10 Å². The fraction of sp³-hybridized carbons (Fsp3) is 0.348. The molecule has 4 rings (SSSR count). The summed E-state index contributed by atoms with van der Waals surface area (Å²) in [5.41, 5.74) is 7.16. The van der Waals surface area contributed by atoms with Gasteiger partial charge in [0, 0.05) is 31.6 Å². The summed E-state index contributed by atoms with van der Waals surface area (Å²) in [6.07, 6.45) is 1.03. The molecule has 2 aromatic carbocycles. The molecule has 2 atom stereocenters. The van der Waals surface area contributed by atoms with E-state index in [-0.39, 0.29) is 25.0 Å². The molecule has 0 saturated carbocycles. The summed E-state index contributed by atoms with van der Waals surface area (Å²) in [5, 5.41) is 6.42. The number of amides is 2. The van der Waals surface area contributed by atoms with Crippen LogP contribution in [0.3, 0.4) is 0 Å². The summed E-state index contributed by atoms with van der Waals surface area (Å²) in [7, 11) is 1.66. The molecule has 8 heteroatoms. The lowest BCUT2D eigenvalue weighted by Gasteiger charge is -2.40. The second-order valence-electron chi connectivity index (χ2n) is 8.00. The van der Waals surface area contributed by atoms with Crippen LogP contribution >= 0.6 is 11.6 Å². The number of hydrazone groups is 1. The van der Waals surface area contributed by atoms with Crippen molar-refractivity contribution < 1.29 is 14.3 Å². The highest BCUT2D eigenvalue weighted by Crippen LogP contribution is 2.38. The Morgan fingerprint density at radius 3 is 2.77 bits per heavy atom. The maximum absolute atomic E-state index is 13.2. The van der Waals surface area contributed by atoms with E-state index in [1.807, 2.05) is 30.3 Å². The summed E-state index contributed by atoms with van der Waals surface area (Å²) in [6.45, 7) is 0.754. The Morgan fingerprint density at radius 1 is 1.26 bits per heavy atom. The molecule has 2 amide bonds. The molecule has 162 valence electrons. The topological polar surface area (TPSA) is 88.2 Å². The lowest BCUT2D eigenvalue weighted by Crippen LogP contribution is -2.58. The Balaban J connectivity index is 1.48. The van der Waals surface area contributed by atoms with Gasteiger partial charge in [0.05, 0.1) is 5.71 Å². The van der Waals surface area contributed by atoms with Crippen molar-refractivity contribution in [2.45, 2.75) is 18.9 Å². The Hall–Kier alpha value is -2.90. The van der Waals surface area contributed by atoms with Gasteiger partial charge in [-0.3, -0.25) is 9.59 Å². The lowest BCUT2D eigenvalue weighted by molar-refractivity contribution is -0.140. The summed E-state index contributed by atoms with van der Waals surface area (Å²) in [5.74, 6) is 0.223. The fourth-order valence-electron chi connectivity index (χ4n) is 4.26. The van der Waals surface area contributed by atoms with Crippen LogP contribution in [0.4, 0.5) is 0 Å². The largest absolute Gasteiger partial charge is 0.491 e. The second kappa shape index (κ2) is 8.69. The van der Waals surface area contributed by atoms with Gasteiger partial charge < -0.3 is 15.4 Å². The van der Waals surface area contributed by atoms with E-state index < -0.39 is 11.5 Å². The highest BCUT2D eigenvalue weighted by atomic mass is 35.5. The molecule has 2 aliphatic heterocycles. The number of rotatable bonds is 6. The van der Waals surface area contributed by atoms with E-state index >= 15 is 0 Å². The van der Waals surface area contributed by atoms with Gasteiger partial charge in [0.25, 0.3) is 5.91 Å². The zero-order chi connectivity index (χ0) is 22.0. The number of nitrogens with zero attached hydrogens (tertiary/aromatic N) is 3. The van der Waals surface area contributed by atoms with E-state index in [1.54, 1.807) is 36.2 Å². The van der Waals surface area contributed by atoms with Crippen molar-refractivity contribution in [3.63, 3.8) is 0 Å². The molecule has 1 saturated heterocycles. The van der Waals surface area contributed by atoms with Crippen LogP contribution < -0.4 is 10.5 Å². The second-order valence-corrected chi connectivity index (χ2v) is 8.44. The Bertz CT molecular complexity index is 1010. The van der Waals surface area contributed by atoms with E-state index in [9.17, 15) is 9.59 Å². The minimum absolute atomic E-state index is 0.0240. The fourth-order valence-corrected chi connectivity index (χ4v) is 4.44. The van der Waals surface area contributed by atoms with Crippen molar-refractivity contribution >= 4 is 29.1 Å². The van der Waals surface area contributed by atoms with Gasteiger partial charge in [0.15, 0.2) is 0 Å². The molecule has 0 unspecified atom stereocenters. The van der Waals surface area contributed by atoms with E-state index in [4.69, 9.17) is 22.1 Å². The zero-order valence-electron chi connectivity index (χ0n) is 17.3. The highest BCUT2D eigenvalue weighted by molar-refractivity contribution is 6.30. The number of ether oxygens (including phenoxy) is 1. The third kappa shape index (κ3) is 4.29. The van der Waals surface area contributed by atoms with Gasteiger partial charge >= 0.3 is 0 Å². The molecule has 0 spiro atoms. The predicted molar refractivity (Wildman–Crippen MR) is 119 cm³/mol. The number of carbonyl (C=O) groups is 2. The molecule has 7 nitrogen and oxygen atoms in total. The van der Waals surface area contributed by atoms with Gasteiger partial charge in [0.2, 0.25) is 5.91 Å². The molecular formula is C23H25ClN4O3. The number of fused-ring (bicyclic) bond motifs is 1. The molecule has 2 aliphatic rings. The van der Waals surface area contributed by atoms with E-state index in [0.29, 0.717) is 30.2 Å². The Kier molecular flexibility index (Phi) is 5.98. The SMILES string of the molecule is CN1N=C2CCN(C(=O)[C@H](N)COc3cccc(Cl)c3)C[C@@]2(Cc2ccccc2)C1=O. The minimum atomic E-state index is -0.850. The van der Waals surface area contributed by atoms with Gasteiger partial charge in [-0.1, -0.05) is 48.0 Å². The van der Waals surface area contributed by atoms with Crippen LogP contribution in [0.25, 0.3) is 0 Å². The first kappa shape index (κ1) is 21.3. The number of benzene rings is 2. The summed E-state index contributed by atoms with van der Waals surface area (Å²) in [6, 6.07) is 15.9. The standard InChI is InChI=1S/C23H25ClN4O3/c1-27-22(30)23(13-16-6-3-2-4-7-16)15-28(11-10-20(23)26-27)21(29)19(25)14-31-18-9-5-8-17(24)12-18/h2-9,12,19H,10-11,13-15,25H2,1H3/t19-,23-/m1/s1. The number of likely N-dealkylation sites (tertiary alicyclic amines) is 1. The molecule has 31 heavy (non-hydrogen) atoms. The van der Waals surface area contributed by atoms with Crippen LogP contribution in [-0.2, 0) is 16.0 Å². The molecule has 0 aliphatic carbocycles. The van der Waals surface area contributed by atoms with Crippen LogP contribution in [0.2, 0.25) is 5.02 Å². The average Bonchev–Trinajstić information content (AvgIpc) is 3.01. The van der Waals surface area contributed by atoms with Crippen LogP contribution in [-0.4, -0.2) is 60.2 Å². The molecule has 1 fully saturated rings. The number of hydrogen-bond donors (Lipinski definition) is 1. The van der Waals surface area contributed by atoms with Crippen molar-refractivity contribution in [1.82, 2.24) is 9.91 Å². The van der Waals surface area contributed by atoms with Crippen molar-refractivity contribution in [2.24, 2.45) is 16.3 Å². The number of piperidine rings is 1. The van der Waals surface area contributed by atoms with Crippen molar-refractivity contribution in [1.29, 1.82) is 0 Å². The first-order valence-electron chi connectivity index (χ1n) is 10.2. The average molecular weight is 441 g/mol. The summed E-state index contributed by atoms with van der Waals surface area (Å²) >= 11 is 5.97. The molecule has 0 radical (unpaired) electrons. The smallest absolute Gasteiger partial charge is 0.256 e. The summed E-state index contributed by atoms with van der Waals surface area (Å²) < 4.78 is 5.65. The quantitative estimate of drug-likeness (QED) is 0.746. The zero-order valence-corrected chi connectivity index (χ0v) is 18.1. The van der Waals surface area contributed by atoms with Crippen LogP contribution in [0.5, 0.6) is 5.75 Å². The third-order valence-electron chi connectivity index (χ3n) is 5.81. The van der Waals surface area contributed by atoms with Gasteiger partial charge in [-0.25, -0.2) is 5.01 Å². The number of hydrogen-bond acceptors (Lipinski definition) is 5. The van der Waals surface area contributed by atoms with Crippen LogP contribution in [0, 0.1) is 5.41 Å². The molecule has 2 N–H and O–H groups in total. The van der Waals surface area contributed by atoms with Gasteiger partial charge in [-0.2, -0.15) is 5.10 Å². The highest BCUT2D eigenvalue weighted by Gasteiger charge is 2.53. The van der Waals surface area contributed by atoms with Crippen molar-refractivity contribution in [2.75, 3.05) is 26.7 Å². The monoisotopic (exact) mass is 440 g/mol. The normalized spacial score (nSPS) is 21.5. The number of carbonyl (C=O) groups excluding carboxylic acids is 2. The van der Waals surface area contributed by atoms with Crippen molar-refractivity contribution in [3.05, 3.63) is 65.2 Å². The van der Waals surface area contributed by atoms with Crippen LogP contribution in [0.1, 0.15) is 12.0 Å². The first-order chi connectivity index (χ1) is 14.9. The van der Waals surface area contributed by atoms with Gasteiger partial charge in [-0.05, 0) is 30.2 Å². The summed E-state index contributed by atoms with van der Waals surface area (Å²) in [4.78, 5) is 27.9. The Labute approximate surface area is 186 Å². The molecule has 2 aromatic rings. The first-order valence-corrected chi connectivity index (χ1v) is 10.6. The van der Waals surface area contributed by atoms with E-state index in [1.165, 1.54) is 5.01 Å². The van der Waals surface area contributed by atoms with Gasteiger partial charge in [-0.15, -0.1) is 0 Å². The van der Waals surface area contributed by atoms with Crippen molar-refractivity contribution in [3.8, 4) is 5.75 Å². The minimum Gasteiger partial charge on any atom is -0.491 e. The molecule has 2 heterocycles. The molecular weight excluding hydrogens is 416 g/mol. The molecule has 0 aromatic heterocycles. The number of halogens is 1. The molecule has 0 bridgehead atoms. The maximum atomic E-state index is 13.2. The Morgan fingerprint density at radius 2 is 2.03 bits per heavy atom. The van der Waals surface area contributed by atoms with Gasteiger partial charge in [0.1, 0.15) is 23.8 Å².